The number of hydrogen-bond donors (Lipinski definition) is 3. The average molecular weight is 906 g/mol. The summed E-state index contributed by atoms with van der Waals surface area (Å²) in [5.41, 5.74) is 0. The van der Waals surface area contributed by atoms with Gasteiger partial charge in [-0.15, -0.1) is 0 Å². The number of esters is 1. The number of hydrogen-bond acceptors (Lipinski definition) is 5. The predicted octanol–water partition coefficient (Wildman–Crippen LogP) is 16.7. The van der Waals surface area contributed by atoms with Crippen molar-refractivity contribution in [1.82, 2.24) is 5.32 Å². The minimum absolute atomic E-state index is 0.0272. The zero-order valence-electron chi connectivity index (χ0n) is 42.6. The maximum absolute atomic E-state index is 13.2. The van der Waals surface area contributed by atoms with Crippen LogP contribution in [0.5, 0.6) is 0 Å². The van der Waals surface area contributed by atoms with Crippen LogP contribution in [0.3, 0.4) is 0 Å². The van der Waals surface area contributed by atoms with Crippen LogP contribution >= 0.6 is 0 Å². The van der Waals surface area contributed by atoms with Crippen molar-refractivity contribution >= 4 is 11.9 Å². The second-order valence-corrected chi connectivity index (χ2v) is 18.3. The van der Waals surface area contributed by atoms with E-state index >= 15 is 0 Å². The predicted molar refractivity (Wildman–Crippen MR) is 282 cm³/mol. The number of allylic oxidation sites excluding steroid dienone is 14. The summed E-state index contributed by atoms with van der Waals surface area (Å²) in [6, 6.07) is -0.728. The summed E-state index contributed by atoms with van der Waals surface area (Å²) in [5, 5.41) is 23.8. The highest BCUT2D eigenvalue weighted by atomic mass is 16.5. The van der Waals surface area contributed by atoms with E-state index in [1.54, 1.807) is 0 Å². The van der Waals surface area contributed by atoms with E-state index < -0.39 is 18.2 Å². The number of aliphatic hydroxyl groups excluding tert-OH is 2. The summed E-state index contributed by atoms with van der Waals surface area (Å²) >= 11 is 0. The van der Waals surface area contributed by atoms with Gasteiger partial charge in [0.15, 0.2) is 0 Å². The Morgan fingerprint density at radius 3 is 1.25 bits per heavy atom. The van der Waals surface area contributed by atoms with Crippen molar-refractivity contribution in [2.75, 3.05) is 6.61 Å². The van der Waals surface area contributed by atoms with Gasteiger partial charge in [0.1, 0.15) is 6.10 Å². The summed E-state index contributed by atoms with van der Waals surface area (Å²) in [6.07, 6.45) is 67.8. The number of amides is 1. The molecule has 374 valence electrons. The minimum atomic E-state index is -0.810. The fraction of sp³-hybridized carbons (Fsp3) is 0.729. The van der Waals surface area contributed by atoms with Gasteiger partial charge in [0, 0.05) is 6.42 Å². The lowest BCUT2D eigenvalue weighted by molar-refractivity contribution is -0.151. The molecule has 0 radical (unpaired) electrons. The molecule has 3 unspecified atom stereocenters. The van der Waals surface area contributed by atoms with Gasteiger partial charge in [-0.05, 0) is 103 Å². The van der Waals surface area contributed by atoms with Crippen molar-refractivity contribution in [3.63, 3.8) is 0 Å². The molecular formula is C59H103NO5. The quantitative estimate of drug-likeness (QED) is 0.0321. The van der Waals surface area contributed by atoms with Gasteiger partial charge < -0.3 is 20.3 Å². The van der Waals surface area contributed by atoms with Crippen molar-refractivity contribution in [1.29, 1.82) is 0 Å². The Balaban J connectivity index is 4.74. The molecular weight excluding hydrogens is 803 g/mol. The van der Waals surface area contributed by atoms with E-state index in [1.165, 1.54) is 109 Å². The van der Waals surface area contributed by atoms with E-state index in [0.717, 1.165) is 96.3 Å². The highest BCUT2D eigenvalue weighted by Gasteiger charge is 2.24. The summed E-state index contributed by atoms with van der Waals surface area (Å²) in [7, 11) is 0. The SMILES string of the molecule is CCCCC/C=C\C/C=C\C/C=C\C/C=C\CCCC(CC(=O)NC(CO)C(O)CCCCCCCCCCCCCC)OC(=O)CCCCCC/C=C\C/C=C\C/C=C\CCCCC. The molecule has 0 heterocycles. The van der Waals surface area contributed by atoms with Gasteiger partial charge in [-0.3, -0.25) is 9.59 Å². The van der Waals surface area contributed by atoms with Crippen LogP contribution in [0.25, 0.3) is 0 Å². The van der Waals surface area contributed by atoms with Gasteiger partial charge in [0.25, 0.3) is 0 Å². The molecule has 3 atom stereocenters. The number of unbranched alkanes of at least 4 members (excludes halogenated alkanes) is 22. The van der Waals surface area contributed by atoms with Crippen molar-refractivity contribution in [2.45, 2.75) is 270 Å². The Labute approximate surface area is 402 Å². The molecule has 0 fully saturated rings. The Morgan fingerprint density at radius 2 is 0.800 bits per heavy atom. The summed E-state index contributed by atoms with van der Waals surface area (Å²) in [5.74, 6) is -0.555. The fourth-order valence-corrected chi connectivity index (χ4v) is 7.78. The monoisotopic (exact) mass is 906 g/mol. The minimum Gasteiger partial charge on any atom is -0.462 e. The molecule has 65 heavy (non-hydrogen) atoms. The molecule has 1 amide bonds. The van der Waals surface area contributed by atoms with Crippen LogP contribution in [0.15, 0.2) is 85.1 Å². The molecule has 0 saturated carbocycles. The van der Waals surface area contributed by atoms with Gasteiger partial charge >= 0.3 is 5.97 Å². The van der Waals surface area contributed by atoms with E-state index in [-0.39, 0.29) is 24.9 Å². The summed E-state index contributed by atoms with van der Waals surface area (Å²) in [4.78, 5) is 26.2. The number of aliphatic hydroxyl groups is 2. The normalized spacial score (nSPS) is 13.9. The molecule has 3 N–H and O–H groups in total. The Bertz CT molecular complexity index is 1250. The third-order valence-corrected chi connectivity index (χ3v) is 11.9. The van der Waals surface area contributed by atoms with E-state index in [9.17, 15) is 19.8 Å². The lowest BCUT2D eigenvalue weighted by Gasteiger charge is -2.24. The molecule has 0 bridgehead atoms. The molecule has 0 rings (SSSR count). The highest BCUT2D eigenvalue weighted by Crippen LogP contribution is 2.16. The standard InChI is InChI=1S/C59H103NO5/c1-4-7-10-13-16-19-22-25-27-29-31-33-35-38-41-44-47-50-55(65-59(64)52-49-46-43-40-37-34-32-30-28-26-23-20-17-14-11-8-5-2)53-58(63)60-56(54-61)57(62)51-48-45-42-39-36-24-21-18-15-12-9-6-3/h16-17,19-20,25-28,31-34,38,41,55-57,61-62H,4-15,18,21-24,29-30,35-37,39-40,42-54H2,1-3H3,(H,60,63)/b19-16-,20-17-,27-25-,28-26-,33-31-,34-32-,41-38-. The molecule has 0 aliphatic rings. The lowest BCUT2D eigenvalue weighted by atomic mass is 10.0. The lowest BCUT2D eigenvalue weighted by Crippen LogP contribution is -2.46. The first kappa shape index (κ1) is 62.0. The Morgan fingerprint density at radius 1 is 0.446 bits per heavy atom. The number of ether oxygens (including phenoxy) is 1. The topological polar surface area (TPSA) is 95.9 Å². The fourth-order valence-electron chi connectivity index (χ4n) is 7.78. The number of carbonyl (C=O) groups is 2. The average Bonchev–Trinajstić information content (AvgIpc) is 3.30. The van der Waals surface area contributed by atoms with Gasteiger partial charge in [-0.2, -0.15) is 0 Å². The van der Waals surface area contributed by atoms with Gasteiger partial charge in [0.2, 0.25) is 5.91 Å². The number of rotatable bonds is 48. The second kappa shape index (κ2) is 52.0. The maximum atomic E-state index is 13.2. The van der Waals surface area contributed by atoms with Crippen molar-refractivity contribution in [3.8, 4) is 0 Å². The van der Waals surface area contributed by atoms with E-state index in [1.807, 2.05) is 0 Å². The molecule has 0 aromatic rings. The van der Waals surface area contributed by atoms with Crippen LogP contribution in [0.4, 0.5) is 0 Å². The smallest absolute Gasteiger partial charge is 0.306 e. The largest absolute Gasteiger partial charge is 0.462 e. The van der Waals surface area contributed by atoms with E-state index in [0.29, 0.717) is 19.3 Å². The van der Waals surface area contributed by atoms with Crippen LogP contribution in [-0.2, 0) is 14.3 Å². The van der Waals surface area contributed by atoms with Crippen LogP contribution in [0, 0.1) is 0 Å². The molecule has 0 aromatic carbocycles. The summed E-state index contributed by atoms with van der Waals surface area (Å²) < 4.78 is 5.91. The third-order valence-electron chi connectivity index (χ3n) is 11.9. The first-order chi connectivity index (χ1) is 32.0. The van der Waals surface area contributed by atoms with Crippen LogP contribution < -0.4 is 5.32 Å². The van der Waals surface area contributed by atoms with Gasteiger partial charge in [-0.1, -0.05) is 221 Å². The van der Waals surface area contributed by atoms with Crippen LogP contribution in [0.2, 0.25) is 0 Å². The van der Waals surface area contributed by atoms with E-state index in [2.05, 4.69) is 111 Å². The molecule has 0 saturated heterocycles. The molecule has 0 spiro atoms. The van der Waals surface area contributed by atoms with Gasteiger partial charge in [0.05, 0.1) is 25.2 Å². The second-order valence-electron chi connectivity index (χ2n) is 18.3. The Kier molecular flexibility index (Phi) is 49.6. The van der Waals surface area contributed by atoms with Crippen molar-refractivity contribution in [3.05, 3.63) is 85.1 Å². The highest BCUT2D eigenvalue weighted by molar-refractivity contribution is 5.77. The van der Waals surface area contributed by atoms with Gasteiger partial charge in [-0.25, -0.2) is 0 Å². The molecule has 0 aliphatic carbocycles. The van der Waals surface area contributed by atoms with Crippen LogP contribution in [-0.4, -0.2) is 46.9 Å². The molecule has 6 heteroatoms. The van der Waals surface area contributed by atoms with E-state index in [4.69, 9.17) is 4.74 Å². The zero-order valence-corrected chi connectivity index (χ0v) is 42.6. The summed E-state index contributed by atoms with van der Waals surface area (Å²) in [6.45, 7) is 6.41. The first-order valence-corrected chi connectivity index (χ1v) is 27.3. The van der Waals surface area contributed by atoms with Crippen molar-refractivity contribution < 1.29 is 24.5 Å². The number of carbonyl (C=O) groups excluding carboxylic acids is 2. The maximum Gasteiger partial charge on any atom is 0.306 e. The number of nitrogens with one attached hydrogen (secondary N) is 1. The van der Waals surface area contributed by atoms with Crippen molar-refractivity contribution in [2.24, 2.45) is 0 Å². The molecule has 6 nitrogen and oxygen atoms in total. The molecule has 0 aliphatic heterocycles. The Hall–Kier alpha value is -2.96. The first-order valence-electron chi connectivity index (χ1n) is 27.3. The third kappa shape index (κ3) is 47.3. The zero-order chi connectivity index (χ0) is 47.4. The molecule has 0 aromatic heterocycles. The van der Waals surface area contributed by atoms with Crippen LogP contribution in [0.1, 0.15) is 252 Å².